The Bertz CT molecular complexity index is 1770. The number of alkyl halides is 3. The van der Waals surface area contributed by atoms with Gasteiger partial charge in [0.05, 0.1) is 18.2 Å². The molecule has 13 heteroatoms. The van der Waals surface area contributed by atoms with Crippen molar-refractivity contribution < 1.29 is 38.9 Å². The molecule has 0 bridgehead atoms. The number of nitrogens with zero attached hydrogens (tertiary/aromatic N) is 2. The van der Waals surface area contributed by atoms with E-state index in [9.17, 15) is 30.0 Å². The summed E-state index contributed by atoms with van der Waals surface area (Å²) >= 11 is 0. The van der Waals surface area contributed by atoms with Crippen molar-refractivity contribution in [3.8, 4) is 11.5 Å². The van der Waals surface area contributed by atoms with Crippen LogP contribution < -0.4 is 8.92 Å². The summed E-state index contributed by atoms with van der Waals surface area (Å²) in [7, 11) is -7.53. The largest absolute Gasteiger partial charge is 0.493 e. The minimum atomic E-state index is -4.76. The van der Waals surface area contributed by atoms with E-state index in [1.165, 1.54) is 35.8 Å². The zero-order chi connectivity index (χ0) is 30.0. The number of rotatable bonds is 10. The maximum absolute atomic E-state index is 13.9. The normalized spacial score (nSPS) is 13.3. The van der Waals surface area contributed by atoms with Crippen molar-refractivity contribution in [1.82, 2.24) is 9.29 Å². The fraction of sp³-hybridized carbons (Fsp3) is 0.250. The van der Waals surface area contributed by atoms with Crippen molar-refractivity contribution in [2.75, 3.05) is 7.11 Å². The molecule has 0 aliphatic heterocycles. The molecule has 0 fully saturated rings. The summed E-state index contributed by atoms with van der Waals surface area (Å²) in [5.41, 5.74) is -0.480. The Labute approximate surface area is 236 Å². The Morgan fingerprint density at radius 2 is 1.63 bits per heavy atom. The van der Waals surface area contributed by atoms with Gasteiger partial charge in [-0.2, -0.15) is 25.9 Å². The number of methoxy groups -OCH3 is 1. The SMILES string of the molecule is CC[C@@H](C)N(Cc1ccc(OC)c(OS(=O)(=O)c2cccc(C(F)(F)F)c2)c1)S(=O)(=O)c1cccc2cccnc12. The predicted octanol–water partition coefficient (Wildman–Crippen LogP) is 6.02. The van der Waals surface area contributed by atoms with Crippen LogP contribution in [-0.4, -0.2) is 39.3 Å². The number of halogens is 3. The third-order valence-corrected chi connectivity index (χ3v) is 9.70. The van der Waals surface area contributed by atoms with Gasteiger partial charge in [0.2, 0.25) is 10.0 Å². The minimum absolute atomic E-state index is 0.0134. The monoisotopic (exact) mass is 608 g/mol. The zero-order valence-corrected chi connectivity index (χ0v) is 23.9. The van der Waals surface area contributed by atoms with Crippen molar-refractivity contribution in [1.29, 1.82) is 0 Å². The third-order valence-electron chi connectivity index (χ3n) is 6.48. The first-order chi connectivity index (χ1) is 19.3. The van der Waals surface area contributed by atoms with Crippen LogP contribution in [0.4, 0.5) is 13.2 Å². The lowest BCUT2D eigenvalue weighted by Crippen LogP contribution is -2.38. The van der Waals surface area contributed by atoms with Gasteiger partial charge in [-0.3, -0.25) is 4.98 Å². The van der Waals surface area contributed by atoms with Crippen LogP contribution in [0.25, 0.3) is 10.9 Å². The van der Waals surface area contributed by atoms with Crippen LogP contribution in [0.1, 0.15) is 31.4 Å². The first-order valence-electron chi connectivity index (χ1n) is 12.4. The van der Waals surface area contributed by atoms with E-state index in [-0.39, 0.29) is 22.9 Å². The second kappa shape index (κ2) is 11.7. The number of benzene rings is 3. The van der Waals surface area contributed by atoms with E-state index in [0.717, 1.165) is 18.2 Å². The van der Waals surface area contributed by atoms with E-state index < -0.39 is 42.8 Å². The number of sulfonamides is 1. The molecule has 3 aromatic carbocycles. The number of hydrogen-bond acceptors (Lipinski definition) is 7. The second-order valence-electron chi connectivity index (χ2n) is 9.19. The molecule has 41 heavy (non-hydrogen) atoms. The Morgan fingerprint density at radius 1 is 0.927 bits per heavy atom. The van der Waals surface area contributed by atoms with Gasteiger partial charge >= 0.3 is 16.3 Å². The molecule has 0 unspecified atom stereocenters. The van der Waals surface area contributed by atoms with E-state index in [1.54, 1.807) is 37.3 Å². The third kappa shape index (κ3) is 6.47. The van der Waals surface area contributed by atoms with E-state index in [0.29, 0.717) is 29.0 Å². The lowest BCUT2D eigenvalue weighted by Gasteiger charge is -2.28. The molecular formula is C28H27F3N2O6S2. The predicted molar refractivity (Wildman–Crippen MR) is 146 cm³/mol. The van der Waals surface area contributed by atoms with Crippen LogP contribution in [-0.2, 0) is 32.9 Å². The molecule has 0 amide bonds. The standard InChI is InChI=1S/C28H27F3N2O6S2/c1-4-19(2)33(40(34,35)26-12-5-8-21-9-7-15-32-27(21)26)18-20-13-14-24(38-3)25(16-20)39-41(36,37)23-11-6-10-22(17-23)28(29,30)31/h5-17,19H,4,18H2,1-3H3/t19-/m1/s1. The molecule has 4 rings (SSSR count). The molecule has 1 heterocycles. The van der Waals surface area contributed by atoms with Crippen molar-refractivity contribution in [2.24, 2.45) is 0 Å². The number of aromatic nitrogens is 1. The first kappa shape index (κ1) is 30.3. The molecule has 0 N–H and O–H groups in total. The van der Waals surface area contributed by atoms with Crippen molar-refractivity contribution in [3.05, 3.63) is 90.1 Å². The maximum Gasteiger partial charge on any atom is 0.416 e. The number of hydrogen-bond donors (Lipinski definition) is 0. The highest BCUT2D eigenvalue weighted by Gasteiger charge is 2.33. The Hall–Kier alpha value is -3.68. The van der Waals surface area contributed by atoms with E-state index in [1.807, 2.05) is 6.92 Å². The number of para-hydroxylation sites is 1. The summed E-state index contributed by atoms with van der Waals surface area (Å²) in [6, 6.07) is 15.3. The number of ether oxygens (including phenoxy) is 1. The lowest BCUT2D eigenvalue weighted by atomic mass is 10.2. The Balaban J connectivity index is 1.72. The van der Waals surface area contributed by atoms with Crippen LogP contribution in [0, 0.1) is 0 Å². The van der Waals surface area contributed by atoms with Crippen LogP contribution in [0.5, 0.6) is 11.5 Å². The average Bonchev–Trinajstić information content (AvgIpc) is 2.94. The van der Waals surface area contributed by atoms with Crippen molar-refractivity contribution in [2.45, 2.75) is 48.8 Å². The fourth-order valence-corrected chi connectivity index (χ4v) is 6.99. The van der Waals surface area contributed by atoms with Crippen LogP contribution in [0.3, 0.4) is 0 Å². The fourth-order valence-electron chi connectivity index (χ4n) is 4.15. The summed E-state index contributed by atoms with van der Waals surface area (Å²) in [6.07, 6.45) is -2.78. The summed E-state index contributed by atoms with van der Waals surface area (Å²) in [6.45, 7) is 3.42. The van der Waals surface area contributed by atoms with Gasteiger partial charge in [0.15, 0.2) is 11.5 Å². The van der Waals surface area contributed by atoms with Gasteiger partial charge in [0.25, 0.3) is 0 Å². The lowest BCUT2D eigenvalue weighted by molar-refractivity contribution is -0.137. The van der Waals surface area contributed by atoms with Gasteiger partial charge in [-0.05, 0) is 61.4 Å². The van der Waals surface area contributed by atoms with Crippen LogP contribution in [0.2, 0.25) is 0 Å². The molecular weight excluding hydrogens is 581 g/mol. The highest BCUT2D eigenvalue weighted by molar-refractivity contribution is 7.89. The highest BCUT2D eigenvalue weighted by atomic mass is 32.2. The molecule has 0 spiro atoms. The van der Waals surface area contributed by atoms with Crippen molar-refractivity contribution >= 4 is 31.0 Å². The number of pyridine rings is 1. The van der Waals surface area contributed by atoms with Gasteiger partial charge in [-0.1, -0.05) is 37.3 Å². The van der Waals surface area contributed by atoms with Gasteiger partial charge in [0.1, 0.15) is 9.79 Å². The van der Waals surface area contributed by atoms with E-state index >= 15 is 0 Å². The minimum Gasteiger partial charge on any atom is -0.493 e. The van der Waals surface area contributed by atoms with E-state index in [4.69, 9.17) is 8.92 Å². The molecule has 8 nitrogen and oxygen atoms in total. The molecule has 0 saturated heterocycles. The summed E-state index contributed by atoms with van der Waals surface area (Å²) in [5.74, 6) is -0.323. The molecule has 0 saturated carbocycles. The van der Waals surface area contributed by atoms with Crippen LogP contribution >= 0.6 is 0 Å². The quantitative estimate of drug-likeness (QED) is 0.203. The smallest absolute Gasteiger partial charge is 0.416 e. The molecule has 0 radical (unpaired) electrons. The van der Waals surface area contributed by atoms with Gasteiger partial charge in [0, 0.05) is 24.2 Å². The highest BCUT2D eigenvalue weighted by Crippen LogP contribution is 2.35. The van der Waals surface area contributed by atoms with Gasteiger partial charge < -0.3 is 8.92 Å². The van der Waals surface area contributed by atoms with Gasteiger partial charge in [-0.25, -0.2) is 8.42 Å². The molecule has 4 aromatic rings. The maximum atomic E-state index is 13.9. The Kier molecular flexibility index (Phi) is 8.62. The average molecular weight is 609 g/mol. The molecule has 0 aliphatic carbocycles. The summed E-state index contributed by atoms with van der Waals surface area (Å²) in [4.78, 5) is 3.59. The molecule has 1 aromatic heterocycles. The molecule has 218 valence electrons. The first-order valence-corrected chi connectivity index (χ1v) is 15.3. The number of fused-ring (bicyclic) bond motifs is 1. The summed E-state index contributed by atoms with van der Waals surface area (Å²) in [5, 5.41) is 0.651. The summed E-state index contributed by atoms with van der Waals surface area (Å²) < 4.78 is 105. The Morgan fingerprint density at radius 3 is 2.32 bits per heavy atom. The second-order valence-corrected chi connectivity index (χ2v) is 12.6. The van der Waals surface area contributed by atoms with Crippen LogP contribution in [0.15, 0.2) is 88.8 Å². The van der Waals surface area contributed by atoms with E-state index in [2.05, 4.69) is 4.98 Å². The van der Waals surface area contributed by atoms with Crippen molar-refractivity contribution in [3.63, 3.8) is 0 Å². The van der Waals surface area contributed by atoms with Gasteiger partial charge in [-0.15, -0.1) is 0 Å². The topological polar surface area (TPSA) is 103 Å². The molecule has 1 atom stereocenters. The molecule has 0 aliphatic rings. The zero-order valence-electron chi connectivity index (χ0n) is 22.3.